The van der Waals surface area contributed by atoms with Crippen LogP contribution in [0.25, 0.3) is 0 Å². The van der Waals surface area contributed by atoms with Crippen molar-refractivity contribution in [2.24, 2.45) is 4.99 Å². The monoisotopic (exact) mass is 369 g/mol. The number of aryl methyl sites for hydroxylation is 1. The van der Waals surface area contributed by atoms with Crippen LogP contribution in [-0.2, 0) is 13.1 Å². The first-order valence-corrected chi connectivity index (χ1v) is 9.63. The maximum absolute atomic E-state index is 13.7. The van der Waals surface area contributed by atoms with Gasteiger partial charge in [-0.25, -0.2) is 14.4 Å². The lowest BCUT2D eigenvalue weighted by Crippen LogP contribution is -2.36. The van der Waals surface area contributed by atoms with Crippen molar-refractivity contribution in [3.63, 3.8) is 0 Å². The molecular weight excluding hydrogens is 341 g/mol. The third-order valence-electron chi connectivity index (χ3n) is 4.70. The topological polar surface area (TPSA) is 52.6 Å². The average Bonchev–Trinajstić information content (AvgIpc) is 3.22. The molecule has 2 aromatic rings. The van der Waals surface area contributed by atoms with E-state index < -0.39 is 0 Å². The molecule has 0 amide bonds. The lowest BCUT2D eigenvalue weighted by molar-refractivity contribution is 0.616. The molecule has 2 heterocycles. The Morgan fingerprint density at radius 1 is 1.15 bits per heavy atom. The molecule has 0 atom stereocenters. The molecule has 3 rings (SSSR count). The Kier molecular flexibility index (Phi) is 6.63. The lowest BCUT2D eigenvalue weighted by atomic mass is 10.1. The van der Waals surface area contributed by atoms with Crippen LogP contribution in [0.4, 0.5) is 10.2 Å². The second-order valence-electron chi connectivity index (χ2n) is 6.85. The van der Waals surface area contributed by atoms with Crippen molar-refractivity contribution in [3.05, 3.63) is 59.0 Å². The normalized spacial score (nSPS) is 14.5. The van der Waals surface area contributed by atoms with Crippen molar-refractivity contribution in [3.8, 4) is 0 Å². The largest absolute Gasteiger partial charge is 0.357 e. The molecule has 5 nitrogen and oxygen atoms in total. The Labute approximate surface area is 160 Å². The molecule has 1 aliphatic heterocycles. The van der Waals surface area contributed by atoms with Crippen LogP contribution in [0.5, 0.6) is 0 Å². The molecular formula is C21H28FN5. The Bertz CT molecular complexity index is 784. The standard InChI is InChI=1S/C21H28FN5/c1-3-23-21(25-14-17-7-6-16(2)19(22)12-17)26-15-18-8-9-24-20(13-18)27-10-4-5-11-27/h6-9,12-13H,3-5,10-11,14-15H2,1-2H3,(H2,23,25,26). The molecule has 1 fully saturated rings. The minimum atomic E-state index is -0.188. The van der Waals surface area contributed by atoms with Crippen molar-refractivity contribution in [2.75, 3.05) is 24.5 Å². The van der Waals surface area contributed by atoms with Crippen molar-refractivity contribution in [1.29, 1.82) is 0 Å². The molecule has 0 aliphatic carbocycles. The molecule has 1 aromatic carbocycles. The Hall–Kier alpha value is -2.63. The van der Waals surface area contributed by atoms with Gasteiger partial charge in [0.15, 0.2) is 5.96 Å². The van der Waals surface area contributed by atoms with E-state index >= 15 is 0 Å². The molecule has 1 aromatic heterocycles. The highest BCUT2D eigenvalue weighted by Gasteiger charge is 2.13. The van der Waals surface area contributed by atoms with E-state index in [2.05, 4.69) is 31.6 Å². The predicted octanol–water partition coefficient (Wildman–Crippen LogP) is 3.38. The zero-order valence-corrected chi connectivity index (χ0v) is 16.1. The number of pyridine rings is 1. The maximum atomic E-state index is 13.7. The van der Waals surface area contributed by atoms with E-state index in [-0.39, 0.29) is 5.82 Å². The van der Waals surface area contributed by atoms with Crippen molar-refractivity contribution in [1.82, 2.24) is 15.6 Å². The van der Waals surface area contributed by atoms with Gasteiger partial charge >= 0.3 is 0 Å². The van der Waals surface area contributed by atoms with E-state index in [1.807, 2.05) is 25.3 Å². The molecule has 0 radical (unpaired) electrons. The summed E-state index contributed by atoms with van der Waals surface area (Å²) in [4.78, 5) is 11.4. The van der Waals surface area contributed by atoms with E-state index in [1.54, 1.807) is 19.1 Å². The van der Waals surface area contributed by atoms with Crippen molar-refractivity contribution >= 4 is 11.8 Å². The van der Waals surface area contributed by atoms with Gasteiger partial charge in [-0.2, -0.15) is 0 Å². The van der Waals surface area contributed by atoms with Crippen LogP contribution in [0.3, 0.4) is 0 Å². The van der Waals surface area contributed by atoms with Crippen LogP contribution in [-0.4, -0.2) is 30.6 Å². The maximum Gasteiger partial charge on any atom is 0.191 e. The van der Waals surface area contributed by atoms with Gasteiger partial charge in [0.2, 0.25) is 0 Å². The van der Waals surface area contributed by atoms with E-state index in [0.717, 1.165) is 37.0 Å². The SMILES string of the molecule is CCNC(=NCc1ccc(C)c(F)c1)NCc1ccnc(N2CCCC2)c1. The molecule has 0 bridgehead atoms. The number of guanidine groups is 1. The first-order chi connectivity index (χ1) is 13.2. The second-order valence-corrected chi connectivity index (χ2v) is 6.85. The number of nitrogens with zero attached hydrogens (tertiary/aromatic N) is 3. The molecule has 2 N–H and O–H groups in total. The zero-order chi connectivity index (χ0) is 19.1. The molecule has 0 saturated carbocycles. The van der Waals surface area contributed by atoms with Gasteiger partial charge in [0.05, 0.1) is 6.54 Å². The van der Waals surface area contributed by atoms with E-state index in [9.17, 15) is 4.39 Å². The number of aromatic nitrogens is 1. The summed E-state index contributed by atoms with van der Waals surface area (Å²) in [6.45, 7) is 7.82. The fraction of sp³-hybridized carbons (Fsp3) is 0.429. The molecule has 0 spiro atoms. The molecule has 1 aliphatic rings. The third-order valence-corrected chi connectivity index (χ3v) is 4.70. The Balaban J connectivity index is 1.62. The van der Waals surface area contributed by atoms with E-state index in [0.29, 0.717) is 18.7 Å². The van der Waals surface area contributed by atoms with Gasteiger partial charge in [0, 0.05) is 32.4 Å². The molecule has 0 unspecified atom stereocenters. The van der Waals surface area contributed by atoms with E-state index in [1.165, 1.54) is 18.4 Å². The van der Waals surface area contributed by atoms with Gasteiger partial charge < -0.3 is 15.5 Å². The number of anilines is 1. The number of rotatable bonds is 6. The number of nitrogens with one attached hydrogen (secondary N) is 2. The number of halogens is 1. The first-order valence-electron chi connectivity index (χ1n) is 9.63. The van der Waals surface area contributed by atoms with Crippen LogP contribution < -0.4 is 15.5 Å². The van der Waals surface area contributed by atoms with E-state index in [4.69, 9.17) is 0 Å². The quantitative estimate of drug-likeness (QED) is 0.605. The van der Waals surface area contributed by atoms with Crippen molar-refractivity contribution in [2.45, 2.75) is 39.8 Å². The highest BCUT2D eigenvalue weighted by atomic mass is 19.1. The van der Waals surface area contributed by atoms with Crippen LogP contribution in [0, 0.1) is 12.7 Å². The minimum absolute atomic E-state index is 0.188. The summed E-state index contributed by atoms with van der Waals surface area (Å²) in [5.74, 6) is 1.58. The van der Waals surface area contributed by atoms with Gasteiger partial charge in [-0.1, -0.05) is 12.1 Å². The summed E-state index contributed by atoms with van der Waals surface area (Å²) in [7, 11) is 0. The Morgan fingerprint density at radius 3 is 2.70 bits per heavy atom. The number of hydrogen-bond acceptors (Lipinski definition) is 3. The summed E-state index contributed by atoms with van der Waals surface area (Å²) in [6.07, 6.45) is 4.34. The van der Waals surface area contributed by atoms with Gasteiger partial charge in [-0.05, 0) is 61.6 Å². The van der Waals surface area contributed by atoms with Crippen LogP contribution in [0.2, 0.25) is 0 Å². The summed E-state index contributed by atoms with van der Waals surface area (Å²) < 4.78 is 13.7. The average molecular weight is 369 g/mol. The Morgan fingerprint density at radius 2 is 1.96 bits per heavy atom. The molecule has 6 heteroatoms. The fourth-order valence-corrected chi connectivity index (χ4v) is 3.12. The number of hydrogen-bond donors (Lipinski definition) is 2. The summed E-state index contributed by atoms with van der Waals surface area (Å²) in [6, 6.07) is 9.41. The van der Waals surface area contributed by atoms with Gasteiger partial charge in [-0.15, -0.1) is 0 Å². The molecule has 27 heavy (non-hydrogen) atoms. The summed E-state index contributed by atoms with van der Waals surface area (Å²) >= 11 is 0. The van der Waals surface area contributed by atoms with Crippen LogP contribution in [0.15, 0.2) is 41.5 Å². The van der Waals surface area contributed by atoms with Gasteiger partial charge in [-0.3, -0.25) is 0 Å². The molecule has 1 saturated heterocycles. The first kappa shape index (κ1) is 19.1. The number of benzene rings is 1. The fourth-order valence-electron chi connectivity index (χ4n) is 3.12. The zero-order valence-electron chi connectivity index (χ0n) is 16.1. The molecule has 144 valence electrons. The second kappa shape index (κ2) is 9.35. The number of aliphatic imine (C=N–C) groups is 1. The third kappa shape index (κ3) is 5.42. The van der Waals surface area contributed by atoms with Crippen LogP contribution >= 0.6 is 0 Å². The lowest BCUT2D eigenvalue weighted by Gasteiger charge is -2.17. The van der Waals surface area contributed by atoms with Gasteiger partial charge in [0.25, 0.3) is 0 Å². The van der Waals surface area contributed by atoms with Gasteiger partial charge in [0.1, 0.15) is 11.6 Å². The highest BCUT2D eigenvalue weighted by molar-refractivity contribution is 5.79. The minimum Gasteiger partial charge on any atom is -0.357 e. The highest BCUT2D eigenvalue weighted by Crippen LogP contribution is 2.18. The summed E-state index contributed by atoms with van der Waals surface area (Å²) in [5.41, 5.74) is 2.67. The van der Waals surface area contributed by atoms with Crippen molar-refractivity contribution < 1.29 is 4.39 Å². The smallest absolute Gasteiger partial charge is 0.191 e. The van der Waals surface area contributed by atoms with Crippen LogP contribution in [0.1, 0.15) is 36.5 Å². The predicted molar refractivity (Wildman–Crippen MR) is 108 cm³/mol. The summed E-state index contributed by atoms with van der Waals surface area (Å²) in [5, 5.41) is 6.59.